The van der Waals surface area contributed by atoms with Gasteiger partial charge < -0.3 is 4.57 Å². The molecule has 3 aromatic rings. The van der Waals surface area contributed by atoms with Crippen molar-refractivity contribution in [2.24, 2.45) is 0 Å². The Morgan fingerprint density at radius 3 is 2.54 bits per heavy atom. The minimum Gasteiger partial charge on any atom is -0.347 e. The second-order valence-corrected chi connectivity index (χ2v) is 7.49. The molecule has 0 bridgehead atoms. The van der Waals surface area contributed by atoms with E-state index < -0.39 is 10.0 Å². The molecule has 0 aliphatic heterocycles. The van der Waals surface area contributed by atoms with E-state index in [1.54, 1.807) is 6.07 Å². The summed E-state index contributed by atoms with van der Waals surface area (Å²) in [5.41, 5.74) is 2.15. The smallest absolute Gasteiger partial charge is 0.236 e. The summed E-state index contributed by atoms with van der Waals surface area (Å²) in [6, 6.07) is 12.9. The summed E-state index contributed by atoms with van der Waals surface area (Å²) in [6.07, 6.45) is 3.04. The molecule has 24 heavy (non-hydrogen) atoms. The number of nitrogens with one attached hydrogen (secondary N) is 1. The van der Waals surface area contributed by atoms with Crippen LogP contribution in [0.5, 0.6) is 0 Å². The Morgan fingerprint density at radius 2 is 1.83 bits per heavy atom. The highest BCUT2D eigenvalue weighted by molar-refractivity contribution is 7.91. The van der Waals surface area contributed by atoms with Gasteiger partial charge in [0.1, 0.15) is 5.82 Å². The maximum atomic E-state index is 12.9. The van der Waals surface area contributed by atoms with Crippen LogP contribution < -0.4 is 4.72 Å². The molecule has 1 heterocycles. The maximum absolute atomic E-state index is 12.9. The van der Waals surface area contributed by atoms with Crippen LogP contribution in [0.15, 0.2) is 54.7 Å². The topological polar surface area (TPSA) is 51.1 Å². The summed E-state index contributed by atoms with van der Waals surface area (Å²) in [7, 11) is -3.55. The molecule has 0 atom stereocenters. The molecular formula is C18H19FN2O2S. The van der Waals surface area contributed by atoms with Gasteiger partial charge in [-0.2, -0.15) is 0 Å². The molecule has 1 aromatic heterocycles. The number of nitrogens with zero attached hydrogens (tertiary/aromatic N) is 1. The highest BCUT2D eigenvalue weighted by Gasteiger charge is 2.12. The van der Waals surface area contributed by atoms with Crippen molar-refractivity contribution in [3.8, 4) is 0 Å². The summed E-state index contributed by atoms with van der Waals surface area (Å²) in [6.45, 7) is 3.04. The normalized spacial score (nSPS) is 11.8. The van der Waals surface area contributed by atoms with Gasteiger partial charge in [-0.1, -0.05) is 19.1 Å². The first-order valence-electron chi connectivity index (χ1n) is 7.81. The van der Waals surface area contributed by atoms with Gasteiger partial charge in [0.25, 0.3) is 0 Å². The lowest BCUT2D eigenvalue weighted by molar-refractivity contribution is 0.600. The molecule has 0 saturated heterocycles. The van der Waals surface area contributed by atoms with Crippen molar-refractivity contribution in [1.82, 2.24) is 4.57 Å². The van der Waals surface area contributed by atoms with E-state index in [0.29, 0.717) is 11.3 Å². The largest absolute Gasteiger partial charge is 0.347 e. The van der Waals surface area contributed by atoms with E-state index in [1.165, 1.54) is 24.3 Å². The number of aryl methyl sites for hydroxylation is 1. The molecule has 4 nitrogen and oxygen atoms in total. The Bertz CT molecular complexity index is 947. The van der Waals surface area contributed by atoms with Crippen LogP contribution in [0.2, 0.25) is 0 Å². The number of anilines is 1. The summed E-state index contributed by atoms with van der Waals surface area (Å²) < 4.78 is 42.2. The van der Waals surface area contributed by atoms with Gasteiger partial charge in [0, 0.05) is 29.3 Å². The van der Waals surface area contributed by atoms with Crippen LogP contribution in [0.25, 0.3) is 10.9 Å². The second kappa shape index (κ2) is 6.65. The third-order valence-corrected chi connectivity index (χ3v) is 5.04. The Labute approximate surface area is 141 Å². The standard InChI is InChI=1S/C18H19FN2O2S/c1-2-10-21-11-9-15-12-17(7-8-18(15)21)20-24(22,23)13-14-3-5-16(19)6-4-14/h3-9,11-12,20H,2,10,13H2,1H3. The Hall–Kier alpha value is -2.34. The van der Waals surface area contributed by atoms with Gasteiger partial charge >= 0.3 is 0 Å². The summed E-state index contributed by atoms with van der Waals surface area (Å²) in [5.74, 6) is -0.575. The number of hydrogen-bond acceptors (Lipinski definition) is 2. The summed E-state index contributed by atoms with van der Waals surface area (Å²) >= 11 is 0. The molecular weight excluding hydrogens is 327 g/mol. The Balaban J connectivity index is 1.79. The molecule has 0 radical (unpaired) electrons. The molecule has 126 valence electrons. The molecule has 0 amide bonds. The van der Waals surface area contributed by atoms with Crippen molar-refractivity contribution >= 4 is 26.6 Å². The fourth-order valence-electron chi connectivity index (χ4n) is 2.72. The average Bonchev–Trinajstić information content (AvgIpc) is 2.92. The number of hydrogen-bond donors (Lipinski definition) is 1. The van der Waals surface area contributed by atoms with Crippen LogP contribution in [0.1, 0.15) is 18.9 Å². The number of sulfonamides is 1. The zero-order valence-electron chi connectivity index (χ0n) is 13.4. The molecule has 0 aliphatic rings. The van der Waals surface area contributed by atoms with E-state index >= 15 is 0 Å². The van der Waals surface area contributed by atoms with Gasteiger partial charge in [0.05, 0.1) is 5.75 Å². The first kappa shape index (κ1) is 16.5. The zero-order chi connectivity index (χ0) is 17.2. The van der Waals surface area contributed by atoms with Crippen molar-refractivity contribution < 1.29 is 12.8 Å². The third-order valence-electron chi connectivity index (χ3n) is 3.78. The van der Waals surface area contributed by atoms with Crippen LogP contribution in [-0.4, -0.2) is 13.0 Å². The molecule has 2 aromatic carbocycles. The number of fused-ring (bicyclic) bond motifs is 1. The SMILES string of the molecule is CCCn1ccc2cc(NS(=O)(=O)Cc3ccc(F)cc3)ccc21. The monoisotopic (exact) mass is 346 g/mol. The molecule has 3 rings (SSSR count). The zero-order valence-corrected chi connectivity index (χ0v) is 14.2. The third kappa shape index (κ3) is 3.76. The molecule has 0 saturated carbocycles. The maximum Gasteiger partial charge on any atom is 0.236 e. The van der Waals surface area contributed by atoms with Gasteiger partial charge in [0.15, 0.2) is 0 Å². The van der Waals surface area contributed by atoms with Crippen molar-refractivity contribution in [2.75, 3.05) is 4.72 Å². The van der Waals surface area contributed by atoms with Crippen molar-refractivity contribution in [3.63, 3.8) is 0 Å². The van der Waals surface area contributed by atoms with Gasteiger partial charge in [-0.05, 0) is 48.4 Å². The van der Waals surface area contributed by atoms with E-state index in [0.717, 1.165) is 23.9 Å². The lowest BCUT2D eigenvalue weighted by Crippen LogP contribution is -2.15. The Kier molecular flexibility index (Phi) is 4.57. The van der Waals surface area contributed by atoms with E-state index in [2.05, 4.69) is 16.2 Å². The molecule has 0 fully saturated rings. The fraction of sp³-hybridized carbons (Fsp3) is 0.222. The lowest BCUT2D eigenvalue weighted by Gasteiger charge is -2.09. The van der Waals surface area contributed by atoms with Crippen molar-refractivity contribution in [3.05, 3.63) is 66.1 Å². The van der Waals surface area contributed by atoms with E-state index in [-0.39, 0.29) is 11.6 Å². The average molecular weight is 346 g/mol. The van der Waals surface area contributed by atoms with Gasteiger partial charge in [-0.15, -0.1) is 0 Å². The predicted octanol–water partition coefficient (Wildman–Crippen LogP) is 4.13. The first-order valence-corrected chi connectivity index (χ1v) is 9.46. The summed E-state index contributed by atoms with van der Waals surface area (Å²) in [5, 5.41) is 0.991. The van der Waals surface area contributed by atoms with E-state index in [4.69, 9.17) is 0 Å². The lowest BCUT2D eigenvalue weighted by atomic mass is 10.2. The first-order chi connectivity index (χ1) is 11.5. The van der Waals surface area contributed by atoms with Crippen LogP contribution in [0.3, 0.4) is 0 Å². The second-order valence-electron chi connectivity index (χ2n) is 5.77. The molecule has 0 spiro atoms. The van der Waals surface area contributed by atoms with Crippen LogP contribution >= 0.6 is 0 Å². The number of rotatable bonds is 6. The highest BCUT2D eigenvalue weighted by Crippen LogP contribution is 2.22. The van der Waals surface area contributed by atoms with Crippen LogP contribution in [-0.2, 0) is 22.3 Å². The van der Waals surface area contributed by atoms with Gasteiger partial charge in [-0.25, -0.2) is 12.8 Å². The van der Waals surface area contributed by atoms with Crippen LogP contribution in [0.4, 0.5) is 10.1 Å². The quantitative estimate of drug-likeness (QED) is 0.729. The summed E-state index contributed by atoms with van der Waals surface area (Å²) in [4.78, 5) is 0. The number of halogens is 1. The van der Waals surface area contributed by atoms with Crippen molar-refractivity contribution in [2.45, 2.75) is 25.6 Å². The van der Waals surface area contributed by atoms with E-state index in [9.17, 15) is 12.8 Å². The minimum atomic E-state index is -3.55. The molecule has 0 unspecified atom stereocenters. The van der Waals surface area contributed by atoms with E-state index in [1.807, 2.05) is 24.4 Å². The Morgan fingerprint density at radius 1 is 1.08 bits per heavy atom. The number of benzene rings is 2. The molecule has 0 aliphatic carbocycles. The highest BCUT2D eigenvalue weighted by atomic mass is 32.2. The molecule has 6 heteroatoms. The van der Waals surface area contributed by atoms with Crippen LogP contribution in [0, 0.1) is 5.82 Å². The number of aromatic nitrogens is 1. The molecule has 1 N–H and O–H groups in total. The van der Waals surface area contributed by atoms with Gasteiger partial charge in [-0.3, -0.25) is 4.72 Å². The predicted molar refractivity (Wildman–Crippen MR) is 94.9 cm³/mol. The van der Waals surface area contributed by atoms with Crippen molar-refractivity contribution in [1.29, 1.82) is 0 Å². The fourth-order valence-corrected chi connectivity index (χ4v) is 3.90. The minimum absolute atomic E-state index is 0.192. The van der Waals surface area contributed by atoms with Gasteiger partial charge in [0.2, 0.25) is 10.0 Å².